The molecule has 0 aromatic heterocycles. The Hall–Kier alpha value is -1.47. The van der Waals surface area contributed by atoms with Crippen LogP contribution in [0.5, 0.6) is 0 Å². The molecule has 1 N–H and O–H groups in total. The lowest BCUT2D eigenvalue weighted by atomic mass is 10.2. The molecule has 1 aliphatic heterocycles. The molecular weight excluding hydrogens is 273 g/mol. The average molecular weight is 287 g/mol. The van der Waals surface area contributed by atoms with Gasteiger partial charge in [0.25, 0.3) is 0 Å². The Morgan fingerprint density at radius 1 is 1.37 bits per heavy atom. The highest BCUT2D eigenvalue weighted by molar-refractivity contribution is 7.92. The van der Waals surface area contributed by atoms with Crippen LogP contribution in [-0.2, 0) is 19.4 Å². The van der Waals surface area contributed by atoms with Crippen molar-refractivity contribution in [3.63, 3.8) is 0 Å². The molecular formula is C12H14FNO4S. The maximum atomic E-state index is 12.8. The molecule has 19 heavy (non-hydrogen) atoms. The molecule has 0 spiro atoms. The molecule has 1 fully saturated rings. The lowest BCUT2D eigenvalue weighted by Gasteiger charge is -2.10. The minimum atomic E-state index is -3.57. The zero-order valence-electron chi connectivity index (χ0n) is 10.3. The number of rotatable bonds is 3. The van der Waals surface area contributed by atoms with Gasteiger partial charge < -0.3 is 10.1 Å². The summed E-state index contributed by atoms with van der Waals surface area (Å²) in [6.45, 7) is 0.180. The van der Waals surface area contributed by atoms with E-state index in [2.05, 4.69) is 10.1 Å². The van der Waals surface area contributed by atoms with Gasteiger partial charge in [-0.1, -0.05) is 0 Å². The Morgan fingerprint density at radius 3 is 2.58 bits per heavy atom. The first kappa shape index (κ1) is 14.0. The number of esters is 1. The van der Waals surface area contributed by atoms with Gasteiger partial charge in [0.05, 0.1) is 17.3 Å². The first-order chi connectivity index (χ1) is 8.95. The van der Waals surface area contributed by atoms with Crippen molar-refractivity contribution in [1.82, 2.24) is 5.32 Å². The summed E-state index contributed by atoms with van der Waals surface area (Å²) in [6.07, 6.45) is 0.159. The molecule has 0 aliphatic carbocycles. The molecule has 7 heteroatoms. The maximum absolute atomic E-state index is 12.8. The first-order valence-electron chi connectivity index (χ1n) is 5.76. The van der Waals surface area contributed by atoms with E-state index in [0.29, 0.717) is 0 Å². The van der Waals surface area contributed by atoms with Crippen LogP contribution in [0.1, 0.15) is 6.42 Å². The van der Waals surface area contributed by atoms with Gasteiger partial charge in [0.15, 0.2) is 9.84 Å². The van der Waals surface area contributed by atoms with Gasteiger partial charge in [0.1, 0.15) is 11.9 Å². The smallest absolute Gasteiger partial charge is 0.322 e. The van der Waals surface area contributed by atoms with Crippen LogP contribution in [0.3, 0.4) is 0 Å². The Morgan fingerprint density at radius 2 is 2.00 bits per heavy atom. The number of benzene rings is 1. The van der Waals surface area contributed by atoms with Crippen molar-refractivity contribution in [2.75, 3.05) is 13.7 Å². The summed E-state index contributed by atoms with van der Waals surface area (Å²) in [4.78, 5) is 11.4. The van der Waals surface area contributed by atoms with Crippen LogP contribution in [0, 0.1) is 5.82 Å². The van der Waals surface area contributed by atoms with E-state index in [1.807, 2.05) is 0 Å². The van der Waals surface area contributed by atoms with Crippen molar-refractivity contribution in [3.8, 4) is 0 Å². The third-order valence-corrected chi connectivity index (χ3v) is 5.32. The second-order valence-electron chi connectivity index (χ2n) is 4.34. The van der Waals surface area contributed by atoms with Crippen LogP contribution < -0.4 is 5.32 Å². The standard InChI is InChI=1S/C12H14FNO4S/c1-18-12(15)11-6-10(7-14-11)19(16,17)9-4-2-8(13)3-5-9/h2-5,10-11,14H,6-7H2,1H3/t10-,11+/m1/s1. The molecule has 0 radical (unpaired) electrons. The van der Waals surface area contributed by atoms with Gasteiger partial charge in [-0.25, -0.2) is 12.8 Å². The summed E-state index contributed by atoms with van der Waals surface area (Å²) in [5, 5.41) is 2.11. The molecule has 1 heterocycles. The summed E-state index contributed by atoms with van der Waals surface area (Å²) in [5.74, 6) is -0.965. The number of carbonyl (C=O) groups excluding carboxylic acids is 1. The molecule has 1 saturated heterocycles. The number of halogens is 1. The minimum absolute atomic E-state index is 0.0613. The van der Waals surface area contributed by atoms with Crippen molar-refractivity contribution in [2.24, 2.45) is 0 Å². The van der Waals surface area contributed by atoms with Crippen LogP contribution in [0.4, 0.5) is 4.39 Å². The topological polar surface area (TPSA) is 72.5 Å². The van der Waals surface area contributed by atoms with E-state index in [1.54, 1.807) is 0 Å². The van der Waals surface area contributed by atoms with E-state index in [9.17, 15) is 17.6 Å². The number of carbonyl (C=O) groups is 1. The number of hydrogen-bond acceptors (Lipinski definition) is 5. The third kappa shape index (κ3) is 2.76. The van der Waals surface area contributed by atoms with Crippen LogP contribution in [0.2, 0.25) is 0 Å². The average Bonchev–Trinajstić information content (AvgIpc) is 2.88. The highest BCUT2D eigenvalue weighted by atomic mass is 32.2. The molecule has 1 aromatic rings. The number of ether oxygens (including phenoxy) is 1. The Kier molecular flexibility index (Phi) is 3.86. The molecule has 1 aromatic carbocycles. The zero-order valence-corrected chi connectivity index (χ0v) is 11.1. The van der Waals surface area contributed by atoms with E-state index in [-0.39, 0.29) is 17.9 Å². The Balaban J connectivity index is 2.18. The van der Waals surface area contributed by atoms with Gasteiger partial charge in [0.2, 0.25) is 0 Å². The predicted molar refractivity (Wildman–Crippen MR) is 65.8 cm³/mol. The number of methoxy groups -OCH3 is 1. The molecule has 2 rings (SSSR count). The number of hydrogen-bond donors (Lipinski definition) is 1. The molecule has 104 valence electrons. The molecule has 2 atom stereocenters. The highest BCUT2D eigenvalue weighted by Gasteiger charge is 2.38. The minimum Gasteiger partial charge on any atom is -0.468 e. The van der Waals surface area contributed by atoms with E-state index in [1.165, 1.54) is 19.2 Å². The van der Waals surface area contributed by atoms with Crippen molar-refractivity contribution >= 4 is 15.8 Å². The summed E-state index contributed by atoms with van der Waals surface area (Å²) >= 11 is 0. The van der Waals surface area contributed by atoms with Gasteiger partial charge in [-0.05, 0) is 30.7 Å². The fourth-order valence-electron chi connectivity index (χ4n) is 2.08. The van der Waals surface area contributed by atoms with Crippen molar-refractivity contribution in [3.05, 3.63) is 30.1 Å². The van der Waals surface area contributed by atoms with E-state index in [0.717, 1.165) is 12.1 Å². The second kappa shape index (κ2) is 5.26. The molecule has 0 unspecified atom stereocenters. The first-order valence-corrected chi connectivity index (χ1v) is 7.30. The van der Waals surface area contributed by atoms with Gasteiger partial charge in [-0.2, -0.15) is 0 Å². The maximum Gasteiger partial charge on any atom is 0.322 e. The normalized spacial score (nSPS) is 23.3. The molecule has 1 aliphatic rings. The fourth-order valence-corrected chi connectivity index (χ4v) is 3.74. The zero-order chi connectivity index (χ0) is 14.0. The summed E-state index contributed by atoms with van der Waals surface area (Å²) in [6, 6.07) is 4.07. The summed E-state index contributed by atoms with van der Waals surface area (Å²) < 4.78 is 41.9. The lowest BCUT2D eigenvalue weighted by molar-refractivity contribution is -0.142. The van der Waals surface area contributed by atoms with Crippen molar-refractivity contribution < 1.29 is 22.3 Å². The monoisotopic (exact) mass is 287 g/mol. The van der Waals surface area contributed by atoms with E-state index in [4.69, 9.17) is 0 Å². The molecule has 0 saturated carbocycles. The molecule has 0 amide bonds. The Bertz CT molecular complexity index is 570. The molecule has 5 nitrogen and oxygen atoms in total. The third-order valence-electron chi connectivity index (χ3n) is 3.16. The van der Waals surface area contributed by atoms with E-state index >= 15 is 0 Å². The predicted octanol–water partition coefficient (Wildman–Crippen LogP) is 0.503. The van der Waals surface area contributed by atoms with Crippen LogP contribution in [0.15, 0.2) is 29.2 Å². The van der Waals surface area contributed by atoms with Crippen molar-refractivity contribution in [2.45, 2.75) is 22.6 Å². The quantitative estimate of drug-likeness (QED) is 0.647. The van der Waals surface area contributed by atoms with Gasteiger partial charge in [0, 0.05) is 6.54 Å². The van der Waals surface area contributed by atoms with E-state index < -0.39 is 32.9 Å². The lowest BCUT2D eigenvalue weighted by Crippen LogP contribution is -2.31. The Labute approximate surface area is 110 Å². The second-order valence-corrected chi connectivity index (χ2v) is 6.57. The van der Waals surface area contributed by atoms with Crippen LogP contribution >= 0.6 is 0 Å². The van der Waals surface area contributed by atoms with Crippen molar-refractivity contribution in [1.29, 1.82) is 0 Å². The fraction of sp³-hybridized carbons (Fsp3) is 0.417. The van der Waals surface area contributed by atoms with Gasteiger partial charge in [-0.3, -0.25) is 4.79 Å². The van der Waals surface area contributed by atoms with Crippen LogP contribution in [-0.4, -0.2) is 39.3 Å². The number of sulfone groups is 1. The summed E-state index contributed by atoms with van der Waals surface area (Å²) in [5.41, 5.74) is 0. The van der Waals surface area contributed by atoms with Gasteiger partial charge in [-0.15, -0.1) is 0 Å². The SMILES string of the molecule is COC(=O)[C@@H]1C[C@@H](S(=O)(=O)c2ccc(F)cc2)CN1. The highest BCUT2D eigenvalue weighted by Crippen LogP contribution is 2.23. The van der Waals surface area contributed by atoms with Crippen LogP contribution in [0.25, 0.3) is 0 Å². The number of nitrogens with one attached hydrogen (secondary N) is 1. The summed E-state index contributed by atoms with van der Waals surface area (Å²) in [7, 11) is -2.31. The van der Waals surface area contributed by atoms with Gasteiger partial charge >= 0.3 is 5.97 Å². The molecule has 0 bridgehead atoms. The largest absolute Gasteiger partial charge is 0.468 e.